The minimum absolute atomic E-state index is 0.0442. The molecule has 0 aliphatic heterocycles. The molecule has 0 aromatic heterocycles. The third-order valence-electron chi connectivity index (χ3n) is 1.73. The Bertz CT molecular complexity index is 346. The molecule has 0 saturated carbocycles. The summed E-state index contributed by atoms with van der Waals surface area (Å²) >= 11 is 0. The molecule has 0 aliphatic rings. The first-order valence-electron chi connectivity index (χ1n) is 4.36. The molecule has 1 aromatic rings. The molecule has 0 radical (unpaired) electrons. The van der Waals surface area contributed by atoms with Crippen LogP contribution in [0.3, 0.4) is 0 Å². The number of amides is 1. The average molecular weight is 208 g/mol. The SMILES string of the molecule is COc1ccc(NC(=O)CC=NO)cc1. The van der Waals surface area contributed by atoms with Crippen LogP contribution in [0.25, 0.3) is 0 Å². The molecule has 80 valence electrons. The van der Waals surface area contributed by atoms with Gasteiger partial charge in [-0.3, -0.25) is 4.79 Å². The molecule has 0 bridgehead atoms. The van der Waals surface area contributed by atoms with Crippen molar-refractivity contribution in [1.29, 1.82) is 0 Å². The maximum atomic E-state index is 11.2. The Kier molecular flexibility index (Phi) is 4.15. The number of carbonyl (C=O) groups is 1. The number of rotatable bonds is 4. The predicted octanol–water partition coefficient (Wildman–Crippen LogP) is 1.48. The lowest BCUT2D eigenvalue weighted by molar-refractivity contribution is -0.115. The van der Waals surface area contributed by atoms with Crippen molar-refractivity contribution >= 4 is 17.8 Å². The van der Waals surface area contributed by atoms with Crippen LogP contribution in [0.5, 0.6) is 5.75 Å². The summed E-state index contributed by atoms with van der Waals surface area (Å²) in [5.74, 6) is 0.489. The lowest BCUT2D eigenvalue weighted by Gasteiger charge is -2.04. The number of hydrogen-bond donors (Lipinski definition) is 2. The first-order valence-corrected chi connectivity index (χ1v) is 4.36. The van der Waals surface area contributed by atoms with Crippen LogP contribution in [-0.2, 0) is 4.79 Å². The number of nitrogens with zero attached hydrogens (tertiary/aromatic N) is 1. The van der Waals surface area contributed by atoms with Crippen molar-refractivity contribution in [3.63, 3.8) is 0 Å². The molecule has 15 heavy (non-hydrogen) atoms. The molecule has 0 aliphatic carbocycles. The lowest BCUT2D eigenvalue weighted by atomic mass is 10.3. The summed E-state index contributed by atoms with van der Waals surface area (Å²) in [6, 6.07) is 6.95. The average Bonchev–Trinajstić information content (AvgIpc) is 2.27. The van der Waals surface area contributed by atoms with Crippen molar-refractivity contribution < 1.29 is 14.7 Å². The van der Waals surface area contributed by atoms with E-state index < -0.39 is 0 Å². The Labute approximate surface area is 87.4 Å². The van der Waals surface area contributed by atoms with Crippen LogP contribution in [0.15, 0.2) is 29.4 Å². The van der Waals surface area contributed by atoms with Gasteiger partial charge in [0.25, 0.3) is 0 Å². The second-order valence-electron chi connectivity index (χ2n) is 2.78. The second-order valence-corrected chi connectivity index (χ2v) is 2.78. The predicted molar refractivity (Wildman–Crippen MR) is 56.5 cm³/mol. The molecule has 5 nitrogen and oxygen atoms in total. The van der Waals surface area contributed by atoms with Crippen molar-refractivity contribution in [3.8, 4) is 5.75 Å². The van der Waals surface area contributed by atoms with Crippen molar-refractivity contribution in [2.75, 3.05) is 12.4 Å². The second kappa shape index (κ2) is 5.64. The molecule has 0 fully saturated rings. The fourth-order valence-electron chi connectivity index (χ4n) is 1.01. The summed E-state index contributed by atoms with van der Waals surface area (Å²) in [7, 11) is 1.57. The van der Waals surface area contributed by atoms with E-state index in [9.17, 15) is 4.79 Å². The van der Waals surface area contributed by atoms with Gasteiger partial charge in [0, 0.05) is 5.69 Å². The summed E-state index contributed by atoms with van der Waals surface area (Å²) in [5, 5.41) is 13.5. The van der Waals surface area contributed by atoms with Gasteiger partial charge in [0.1, 0.15) is 5.75 Å². The molecule has 1 amide bonds. The molecule has 2 N–H and O–H groups in total. The smallest absolute Gasteiger partial charge is 0.229 e. The zero-order chi connectivity index (χ0) is 11.1. The van der Waals surface area contributed by atoms with E-state index >= 15 is 0 Å². The normalized spacial score (nSPS) is 10.2. The van der Waals surface area contributed by atoms with Gasteiger partial charge in [-0.15, -0.1) is 5.16 Å². The number of carbonyl (C=O) groups excluding carboxylic acids is 1. The number of hydrogen-bond acceptors (Lipinski definition) is 4. The van der Waals surface area contributed by atoms with Crippen LogP contribution in [0.4, 0.5) is 5.69 Å². The van der Waals surface area contributed by atoms with Crippen LogP contribution in [0, 0.1) is 0 Å². The molecule has 0 atom stereocenters. The van der Waals surface area contributed by atoms with E-state index in [2.05, 4.69) is 10.5 Å². The maximum absolute atomic E-state index is 11.2. The highest BCUT2D eigenvalue weighted by Gasteiger charge is 2.00. The monoisotopic (exact) mass is 208 g/mol. The Hall–Kier alpha value is -2.04. The van der Waals surface area contributed by atoms with Crippen molar-refractivity contribution in [2.24, 2.45) is 5.16 Å². The van der Waals surface area contributed by atoms with Gasteiger partial charge in [-0.2, -0.15) is 0 Å². The highest BCUT2D eigenvalue weighted by molar-refractivity contribution is 5.98. The van der Waals surface area contributed by atoms with E-state index in [4.69, 9.17) is 9.94 Å². The summed E-state index contributed by atoms with van der Waals surface area (Å²) in [6.45, 7) is 0. The molecule has 0 saturated heterocycles. The Balaban J connectivity index is 2.53. The first-order chi connectivity index (χ1) is 7.26. The minimum Gasteiger partial charge on any atom is -0.497 e. The van der Waals surface area contributed by atoms with E-state index in [1.54, 1.807) is 31.4 Å². The number of ether oxygens (including phenoxy) is 1. The largest absolute Gasteiger partial charge is 0.497 e. The third kappa shape index (κ3) is 3.68. The van der Waals surface area contributed by atoms with Gasteiger partial charge >= 0.3 is 0 Å². The molecule has 0 spiro atoms. The summed E-state index contributed by atoms with van der Waals surface area (Å²) < 4.78 is 4.97. The van der Waals surface area contributed by atoms with Crippen molar-refractivity contribution in [1.82, 2.24) is 0 Å². The molecule has 0 heterocycles. The highest BCUT2D eigenvalue weighted by atomic mass is 16.5. The first kappa shape index (κ1) is 11.0. The lowest BCUT2D eigenvalue weighted by Crippen LogP contribution is -2.11. The fourth-order valence-corrected chi connectivity index (χ4v) is 1.01. The summed E-state index contributed by atoms with van der Waals surface area (Å²) in [5.41, 5.74) is 0.673. The standard InChI is InChI=1S/C10H12N2O3/c1-15-9-4-2-8(3-5-9)12-10(13)6-7-11-14/h2-5,7,14H,6H2,1H3,(H,12,13). The molecule has 5 heteroatoms. The van der Waals surface area contributed by atoms with Crippen molar-refractivity contribution in [2.45, 2.75) is 6.42 Å². The quantitative estimate of drug-likeness (QED) is 0.447. The minimum atomic E-state index is -0.238. The van der Waals surface area contributed by atoms with E-state index in [1.165, 1.54) is 0 Å². The van der Waals surface area contributed by atoms with Crippen molar-refractivity contribution in [3.05, 3.63) is 24.3 Å². The van der Waals surface area contributed by atoms with Crippen LogP contribution in [0.2, 0.25) is 0 Å². The van der Waals surface area contributed by atoms with Gasteiger partial charge in [-0.1, -0.05) is 0 Å². The summed E-state index contributed by atoms with van der Waals surface area (Å²) in [6.07, 6.45) is 1.17. The molecule has 1 aromatic carbocycles. The van der Waals surface area contributed by atoms with Crippen LogP contribution >= 0.6 is 0 Å². The summed E-state index contributed by atoms with van der Waals surface area (Å²) in [4.78, 5) is 11.2. The molecular weight excluding hydrogens is 196 g/mol. The third-order valence-corrected chi connectivity index (χ3v) is 1.73. The Morgan fingerprint density at radius 1 is 1.53 bits per heavy atom. The Morgan fingerprint density at radius 3 is 2.73 bits per heavy atom. The van der Waals surface area contributed by atoms with Gasteiger partial charge in [-0.25, -0.2) is 0 Å². The van der Waals surface area contributed by atoms with E-state index in [0.29, 0.717) is 5.69 Å². The number of methoxy groups -OCH3 is 1. The number of nitrogens with one attached hydrogen (secondary N) is 1. The van der Waals surface area contributed by atoms with E-state index in [1.807, 2.05) is 0 Å². The number of oxime groups is 1. The van der Waals surface area contributed by atoms with Gasteiger partial charge in [0.05, 0.1) is 19.7 Å². The number of anilines is 1. The van der Waals surface area contributed by atoms with Gasteiger partial charge in [-0.05, 0) is 24.3 Å². The zero-order valence-corrected chi connectivity index (χ0v) is 8.30. The van der Waals surface area contributed by atoms with Crippen LogP contribution in [0.1, 0.15) is 6.42 Å². The van der Waals surface area contributed by atoms with Crippen LogP contribution < -0.4 is 10.1 Å². The fraction of sp³-hybridized carbons (Fsp3) is 0.200. The van der Waals surface area contributed by atoms with E-state index in [-0.39, 0.29) is 12.3 Å². The van der Waals surface area contributed by atoms with E-state index in [0.717, 1.165) is 12.0 Å². The molecule has 0 unspecified atom stereocenters. The van der Waals surface area contributed by atoms with Crippen LogP contribution in [-0.4, -0.2) is 24.4 Å². The van der Waals surface area contributed by atoms with Gasteiger partial charge in [0.15, 0.2) is 0 Å². The Morgan fingerprint density at radius 2 is 2.20 bits per heavy atom. The zero-order valence-electron chi connectivity index (χ0n) is 8.30. The van der Waals surface area contributed by atoms with Gasteiger partial charge < -0.3 is 15.3 Å². The molecular formula is C10H12N2O3. The maximum Gasteiger partial charge on any atom is 0.229 e. The topological polar surface area (TPSA) is 70.9 Å². The highest BCUT2D eigenvalue weighted by Crippen LogP contribution is 2.14. The number of benzene rings is 1. The molecule has 1 rings (SSSR count). The van der Waals surface area contributed by atoms with Gasteiger partial charge in [0.2, 0.25) is 5.91 Å².